The number of imidazole rings is 1. The van der Waals surface area contributed by atoms with E-state index < -0.39 is 21.8 Å². The first-order valence-corrected chi connectivity index (χ1v) is 13.7. The summed E-state index contributed by atoms with van der Waals surface area (Å²) in [6, 6.07) is 6.36. The fourth-order valence-electron chi connectivity index (χ4n) is 4.02. The minimum Gasteiger partial charge on any atom is -0.466 e. The second-order valence-electron chi connectivity index (χ2n) is 8.56. The zero-order valence-electron chi connectivity index (χ0n) is 19.1. The van der Waals surface area contributed by atoms with E-state index in [0.29, 0.717) is 41.8 Å². The zero-order chi connectivity index (χ0) is 25.7. The van der Waals surface area contributed by atoms with E-state index in [4.69, 9.17) is 9.26 Å². The number of piperidine rings is 1. The fraction of sp³-hybridized carbons (Fsp3) is 0.429. The van der Waals surface area contributed by atoms with E-state index in [1.807, 2.05) is 6.92 Å². The third kappa shape index (κ3) is 5.02. The molecule has 0 bridgehead atoms. The normalized spacial score (nSPS) is 16.5. The largest absolute Gasteiger partial charge is 0.466 e. The van der Waals surface area contributed by atoms with Crippen molar-refractivity contribution < 1.29 is 30.8 Å². The number of halogens is 3. The Kier molecular flexibility index (Phi) is 6.14. The molecule has 4 aromatic rings. The topological polar surface area (TPSA) is 116 Å². The lowest BCUT2D eigenvalue weighted by Gasteiger charge is -2.33. The van der Waals surface area contributed by atoms with Crippen LogP contribution in [0.3, 0.4) is 0 Å². The number of sulfone groups is 1. The lowest BCUT2D eigenvalue weighted by molar-refractivity contribution is -0.146. The van der Waals surface area contributed by atoms with E-state index in [1.54, 1.807) is 39.9 Å². The first-order valence-electron chi connectivity index (χ1n) is 11.0. The Morgan fingerprint density at radius 1 is 1.17 bits per heavy atom. The molecule has 10 nitrogen and oxygen atoms in total. The minimum atomic E-state index is -4.64. The molecule has 0 saturated carbocycles. The number of alkyl halides is 3. The van der Waals surface area contributed by atoms with Gasteiger partial charge in [0.1, 0.15) is 6.10 Å². The van der Waals surface area contributed by atoms with Gasteiger partial charge in [0.2, 0.25) is 4.96 Å². The van der Waals surface area contributed by atoms with Gasteiger partial charge in [0.05, 0.1) is 16.8 Å². The van der Waals surface area contributed by atoms with E-state index in [1.165, 1.54) is 11.3 Å². The number of anilines is 1. The predicted octanol–water partition coefficient (Wildman–Crippen LogP) is 3.95. The maximum atomic E-state index is 12.7. The Bertz CT molecular complexity index is 1440. The van der Waals surface area contributed by atoms with Crippen LogP contribution in [0.2, 0.25) is 0 Å². The van der Waals surface area contributed by atoms with Crippen LogP contribution in [-0.4, -0.2) is 58.6 Å². The smallest absolute Gasteiger partial charge is 0.455 e. The second kappa shape index (κ2) is 9.03. The van der Waals surface area contributed by atoms with Crippen molar-refractivity contribution >= 4 is 32.1 Å². The molecule has 0 aliphatic carbocycles. The van der Waals surface area contributed by atoms with Crippen LogP contribution in [-0.2, 0) is 16.0 Å². The van der Waals surface area contributed by atoms with Crippen LogP contribution in [0.1, 0.15) is 25.6 Å². The SMILES string of the molecule is C[C@@H](Oc1nn2cc(-c3ccc(S(C)(=O)=O)cc3)nc2s1)C1CCN(c2nc(C(F)(F)F)no2)CC1. The van der Waals surface area contributed by atoms with Gasteiger partial charge in [0, 0.05) is 24.9 Å². The standard InChI is InChI=1S/C21H21F3N6O4S2/c1-12(13-7-9-29(10-8-13)18-26-17(28-34-18)21(22,23)24)33-20-27-30-11-16(25-19(30)35-20)14-3-5-15(6-4-14)36(2,31)32/h3-6,11-13H,7-10H2,1-2H3/t12-/m1/s1. The molecule has 0 amide bonds. The van der Waals surface area contributed by atoms with Crippen LogP contribution >= 0.6 is 11.3 Å². The Hall–Kier alpha value is -3.20. The van der Waals surface area contributed by atoms with E-state index in [0.717, 1.165) is 11.8 Å². The van der Waals surface area contributed by atoms with E-state index in [9.17, 15) is 21.6 Å². The molecule has 0 unspecified atom stereocenters. The van der Waals surface area contributed by atoms with Crippen molar-refractivity contribution in [1.82, 2.24) is 24.7 Å². The summed E-state index contributed by atoms with van der Waals surface area (Å²) in [6.07, 6.45) is -0.538. The van der Waals surface area contributed by atoms with Gasteiger partial charge < -0.3 is 14.2 Å². The van der Waals surface area contributed by atoms with Gasteiger partial charge >= 0.3 is 12.2 Å². The number of rotatable bonds is 6. The number of hydrogen-bond donors (Lipinski definition) is 0. The highest BCUT2D eigenvalue weighted by Crippen LogP contribution is 2.32. The van der Waals surface area contributed by atoms with Crippen LogP contribution in [0, 0.1) is 5.92 Å². The summed E-state index contributed by atoms with van der Waals surface area (Å²) in [5.74, 6) is -1.11. The molecular weight excluding hydrogens is 521 g/mol. The lowest BCUT2D eigenvalue weighted by atomic mass is 9.92. The molecule has 192 valence electrons. The number of benzene rings is 1. The highest BCUT2D eigenvalue weighted by molar-refractivity contribution is 7.90. The summed E-state index contributed by atoms with van der Waals surface area (Å²) < 4.78 is 73.8. The molecule has 36 heavy (non-hydrogen) atoms. The molecular formula is C21H21F3N6O4S2. The number of nitrogens with zero attached hydrogens (tertiary/aromatic N) is 6. The molecule has 1 aromatic carbocycles. The third-order valence-corrected chi connectivity index (χ3v) is 7.97. The van der Waals surface area contributed by atoms with E-state index in [2.05, 4.69) is 20.2 Å². The molecule has 4 heterocycles. The van der Waals surface area contributed by atoms with Crippen molar-refractivity contribution in [2.24, 2.45) is 5.92 Å². The van der Waals surface area contributed by atoms with Crippen molar-refractivity contribution in [2.75, 3.05) is 24.2 Å². The minimum absolute atomic E-state index is 0.128. The molecule has 5 rings (SSSR count). The van der Waals surface area contributed by atoms with E-state index >= 15 is 0 Å². The molecule has 1 atom stereocenters. The Morgan fingerprint density at radius 3 is 2.44 bits per heavy atom. The van der Waals surface area contributed by atoms with Gasteiger partial charge in [0.15, 0.2) is 9.84 Å². The molecule has 1 saturated heterocycles. The first kappa shape index (κ1) is 24.5. The van der Waals surface area contributed by atoms with Crippen molar-refractivity contribution in [3.63, 3.8) is 0 Å². The zero-order valence-corrected chi connectivity index (χ0v) is 20.8. The molecule has 0 spiro atoms. The summed E-state index contributed by atoms with van der Waals surface area (Å²) in [7, 11) is -3.27. The molecule has 3 aromatic heterocycles. The average Bonchev–Trinajstić information content (AvgIpc) is 3.54. The Balaban J connectivity index is 1.19. The molecule has 15 heteroatoms. The molecule has 0 N–H and O–H groups in total. The Morgan fingerprint density at radius 2 is 1.86 bits per heavy atom. The molecule has 1 aliphatic heterocycles. The summed E-state index contributed by atoms with van der Waals surface area (Å²) in [5, 5.41) is 7.91. The summed E-state index contributed by atoms with van der Waals surface area (Å²) >= 11 is 1.29. The van der Waals surface area contributed by atoms with Gasteiger partial charge in [-0.25, -0.2) is 17.9 Å². The van der Waals surface area contributed by atoms with Gasteiger partial charge in [-0.3, -0.25) is 0 Å². The summed E-state index contributed by atoms with van der Waals surface area (Å²) in [4.78, 5) is 10.5. The van der Waals surface area contributed by atoms with Gasteiger partial charge in [-0.1, -0.05) is 12.1 Å². The lowest BCUT2D eigenvalue weighted by Crippen LogP contribution is -2.38. The van der Waals surface area contributed by atoms with Gasteiger partial charge in [-0.15, -0.1) is 5.10 Å². The number of hydrogen-bond acceptors (Lipinski definition) is 10. The molecule has 1 fully saturated rings. The number of fused-ring (bicyclic) bond motifs is 1. The van der Waals surface area contributed by atoms with Crippen molar-refractivity contribution in [1.29, 1.82) is 0 Å². The summed E-state index contributed by atoms with van der Waals surface area (Å²) in [6.45, 7) is 2.88. The first-order chi connectivity index (χ1) is 17.0. The van der Waals surface area contributed by atoms with Crippen LogP contribution in [0.4, 0.5) is 19.2 Å². The average molecular weight is 543 g/mol. The Labute approximate surface area is 207 Å². The predicted molar refractivity (Wildman–Crippen MR) is 124 cm³/mol. The summed E-state index contributed by atoms with van der Waals surface area (Å²) in [5.41, 5.74) is 1.43. The molecule has 1 aliphatic rings. The third-order valence-electron chi connectivity index (χ3n) is 6.03. The maximum absolute atomic E-state index is 12.7. The molecule has 0 radical (unpaired) electrons. The van der Waals surface area contributed by atoms with Crippen molar-refractivity contribution in [3.8, 4) is 16.5 Å². The van der Waals surface area contributed by atoms with Crippen LogP contribution in [0.15, 0.2) is 39.9 Å². The van der Waals surface area contributed by atoms with Crippen LogP contribution < -0.4 is 9.64 Å². The highest BCUT2D eigenvalue weighted by atomic mass is 32.2. The van der Waals surface area contributed by atoms with Crippen molar-refractivity contribution in [3.05, 3.63) is 36.3 Å². The van der Waals surface area contributed by atoms with Gasteiger partial charge in [-0.2, -0.15) is 18.2 Å². The van der Waals surface area contributed by atoms with Gasteiger partial charge in [-0.05, 0) is 54.3 Å². The maximum Gasteiger partial charge on any atom is 0.455 e. The van der Waals surface area contributed by atoms with Crippen LogP contribution in [0.25, 0.3) is 16.2 Å². The number of aromatic nitrogens is 5. The van der Waals surface area contributed by atoms with E-state index in [-0.39, 0.29) is 22.9 Å². The van der Waals surface area contributed by atoms with Crippen LogP contribution in [0.5, 0.6) is 5.19 Å². The fourth-order valence-corrected chi connectivity index (χ4v) is 5.46. The van der Waals surface area contributed by atoms with Gasteiger partial charge in [0.25, 0.3) is 11.0 Å². The van der Waals surface area contributed by atoms with Crippen molar-refractivity contribution in [2.45, 2.75) is 36.9 Å². The second-order valence-corrected chi connectivity index (χ2v) is 11.5. The number of ether oxygens (including phenoxy) is 1. The quantitative estimate of drug-likeness (QED) is 0.357. The monoisotopic (exact) mass is 542 g/mol. The highest BCUT2D eigenvalue weighted by Gasteiger charge is 2.38.